The Morgan fingerprint density at radius 3 is 2.83 bits per heavy atom. The number of amides is 1. The van der Waals surface area contributed by atoms with Gasteiger partial charge in [0.1, 0.15) is 0 Å². The molecule has 1 amide bonds. The van der Waals surface area contributed by atoms with Crippen molar-refractivity contribution in [1.82, 2.24) is 14.8 Å². The third-order valence-corrected chi connectivity index (χ3v) is 5.98. The average Bonchev–Trinajstić information content (AvgIpc) is 3.02. The average molecular weight is 348 g/mol. The van der Waals surface area contributed by atoms with Gasteiger partial charge in [-0.05, 0) is 31.9 Å². The number of nitrogens with one attached hydrogen (secondary N) is 1. The quantitative estimate of drug-likeness (QED) is 0.902. The van der Waals surface area contributed by atoms with Crippen molar-refractivity contribution in [3.05, 3.63) is 41.5 Å². The van der Waals surface area contributed by atoms with E-state index in [9.17, 15) is 13.2 Å². The lowest BCUT2D eigenvalue weighted by Gasteiger charge is -2.11. The fraction of sp³-hybridized carbons (Fsp3) is 0.438. The number of pyridine rings is 1. The van der Waals surface area contributed by atoms with Gasteiger partial charge in [-0.1, -0.05) is 6.07 Å². The molecule has 3 rings (SSSR count). The summed E-state index contributed by atoms with van der Waals surface area (Å²) in [6.07, 6.45) is 4.12. The number of sulfone groups is 1. The van der Waals surface area contributed by atoms with Crippen LogP contribution in [0.2, 0.25) is 0 Å². The molecule has 1 aliphatic heterocycles. The number of carbonyl (C=O) groups excluding carboxylic acids is 1. The zero-order valence-corrected chi connectivity index (χ0v) is 14.5. The van der Waals surface area contributed by atoms with E-state index in [1.807, 2.05) is 19.9 Å². The molecular weight excluding hydrogens is 328 g/mol. The maximum absolute atomic E-state index is 12.2. The van der Waals surface area contributed by atoms with Crippen LogP contribution in [0.5, 0.6) is 0 Å². The molecule has 0 aromatic carbocycles. The minimum atomic E-state index is -2.98. The number of aromatic nitrogens is 3. The fourth-order valence-corrected chi connectivity index (χ4v) is 4.73. The standard InChI is InChI=1S/C16H20N4O3S/c1-11-16(18-15(21)8-13-4-3-6-17-9-13)12(2)20(19-11)14-5-7-24(22,23)10-14/h3-4,6,9,14H,5,7-8,10H2,1-2H3,(H,18,21). The summed E-state index contributed by atoms with van der Waals surface area (Å²) in [6, 6.07) is 3.48. The van der Waals surface area contributed by atoms with Crippen molar-refractivity contribution in [3.8, 4) is 0 Å². The second-order valence-electron chi connectivity index (χ2n) is 6.13. The van der Waals surface area contributed by atoms with Crippen molar-refractivity contribution < 1.29 is 13.2 Å². The first-order valence-electron chi connectivity index (χ1n) is 7.80. The molecule has 0 bridgehead atoms. The zero-order chi connectivity index (χ0) is 17.3. The number of hydrogen-bond donors (Lipinski definition) is 1. The molecule has 1 unspecified atom stereocenters. The first-order valence-corrected chi connectivity index (χ1v) is 9.63. The predicted octanol–water partition coefficient (Wildman–Crippen LogP) is 1.44. The van der Waals surface area contributed by atoms with Crippen molar-refractivity contribution in [3.63, 3.8) is 0 Å². The summed E-state index contributed by atoms with van der Waals surface area (Å²) in [7, 11) is -2.98. The molecule has 24 heavy (non-hydrogen) atoms. The van der Waals surface area contributed by atoms with Gasteiger partial charge in [-0.2, -0.15) is 5.10 Å². The predicted molar refractivity (Wildman–Crippen MR) is 90.6 cm³/mol. The van der Waals surface area contributed by atoms with Crippen LogP contribution in [0.15, 0.2) is 24.5 Å². The van der Waals surface area contributed by atoms with Gasteiger partial charge in [0.05, 0.1) is 41.0 Å². The molecule has 7 nitrogen and oxygen atoms in total. The summed E-state index contributed by atoms with van der Waals surface area (Å²) >= 11 is 0. The van der Waals surface area contributed by atoms with E-state index in [-0.39, 0.29) is 29.9 Å². The van der Waals surface area contributed by atoms with E-state index < -0.39 is 9.84 Å². The van der Waals surface area contributed by atoms with Gasteiger partial charge in [0, 0.05) is 12.4 Å². The van der Waals surface area contributed by atoms with E-state index in [1.165, 1.54) is 0 Å². The molecule has 2 aromatic rings. The monoisotopic (exact) mass is 348 g/mol. The zero-order valence-electron chi connectivity index (χ0n) is 13.7. The Balaban J connectivity index is 1.76. The van der Waals surface area contributed by atoms with E-state index in [0.29, 0.717) is 17.8 Å². The van der Waals surface area contributed by atoms with Gasteiger partial charge in [0.25, 0.3) is 0 Å². The number of rotatable bonds is 4. The Morgan fingerprint density at radius 1 is 1.42 bits per heavy atom. The van der Waals surface area contributed by atoms with Crippen LogP contribution in [0.25, 0.3) is 0 Å². The maximum atomic E-state index is 12.2. The van der Waals surface area contributed by atoms with Crippen LogP contribution in [0.3, 0.4) is 0 Å². The van der Waals surface area contributed by atoms with Crippen LogP contribution in [0.1, 0.15) is 29.4 Å². The van der Waals surface area contributed by atoms with E-state index in [4.69, 9.17) is 0 Å². The van der Waals surface area contributed by atoms with Crippen LogP contribution >= 0.6 is 0 Å². The molecular formula is C16H20N4O3S. The molecule has 0 saturated carbocycles. The normalized spacial score (nSPS) is 19.3. The number of aryl methyl sites for hydroxylation is 1. The first-order chi connectivity index (χ1) is 11.4. The summed E-state index contributed by atoms with van der Waals surface area (Å²) < 4.78 is 25.1. The highest BCUT2D eigenvalue weighted by molar-refractivity contribution is 7.91. The van der Waals surface area contributed by atoms with Crippen molar-refractivity contribution in [2.75, 3.05) is 16.8 Å². The van der Waals surface area contributed by atoms with Crippen LogP contribution in [0, 0.1) is 13.8 Å². The number of carbonyl (C=O) groups is 1. The molecule has 1 fully saturated rings. The first kappa shape index (κ1) is 16.6. The van der Waals surface area contributed by atoms with E-state index in [1.54, 1.807) is 23.1 Å². The second-order valence-corrected chi connectivity index (χ2v) is 8.36. The Bertz CT molecular complexity index is 859. The summed E-state index contributed by atoms with van der Waals surface area (Å²) in [5.74, 6) is 0.157. The van der Waals surface area contributed by atoms with Gasteiger partial charge in [0.2, 0.25) is 5.91 Å². The second kappa shape index (κ2) is 6.35. The van der Waals surface area contributed by atoms with Gasteiger partial charge in [0.15, 0.2) is 9.84 Å². The van der Waals surface area contributed by atoms with Crippen molar-refractivity contribution in [2.45, 2.75) is 32.7 Å². The lowest BCUT2D eigenvalue weighted by Crippen LogP contribution is -2.17. The molecule has 2 aromatic heterocycles. The minimum absolute atomic E-state index is 0.109. The van der Waals surface area contributed by atoms with E-state index in [0.717, 1.165) is 11.3 Å². The molecule has 0 spiro atoms. The van der Waals surface area contributed by atoms with Gasteiger partial charge in [-0.3, -0.25) is 14.5 Å². The molecule has 1 N–H and O–H groups in total. The highest BCUT2D eigenvalue weighted by atomic mass is 32.2. The topological polar surface area (TPSA) is 94.0 Å². The lowest BCUT2D eigenvalue weighted by molar-refractivity contribution is -0.115. The van der Waals surface area contributed by atoms with E-state index >= 15 is 0 Å². The molecule has 0 aliphatic carbocycles. The molecule has 128 valence electrons. The van der Waals surface area contributed by atoms with Crippen LogP contribution in [0.4, 0.5) is 5.69 Å². The molecule has 3 heterocycles. The highest BCUT2D eigenvalue weighted by Gasteiger charge is 2.31. The van der Waals surface area contributed by atoms with Gasteiger partial charge < -0.3 is 5.32 Å². The van der Waals surface area contributed by atoms with E-state index in [2.05, 4.69) is 15.4 Å². The molecule has 8 heteroatoms. The van der Waals surface area contributed by atoms with Crippen LogP contribution in [-0.4, -0.2) is 40.6 Å². The number of anilines is 1. The van der Waals surface area contributed by atoms with Gasteiger partial charge in [-0.25, -0.2) is 8.42 Å². The smallest absolute Gasteiger partial charge is 0.228 e. The Kier molecular flexibility index (Phi) is 4.40. The maximum Gasteiger partial charge on any atom is 0.228 e. The van der Waals surface area contributed by atoms with Gasteiger partial charge in [-0.15, -0.1) is 0 Å². The van der Waals surface area contributed by atoms with Crippen molar-refractivity contribution >= 4 is 21.4 Å². The summed E-state index contributed by atoms with van der Waals surface area (Å²) in [4.78, 5) is 16.2. The largest absolute Gasteiger partial charge is 0.323 e. The van der Waals surface area contributed by atoms with Crippen LogP contribution in [-0.2, 0) is 21.1 Å². The van der Waals surface area contributed by atoms with Crippen LogP contribution < -0.4 is 5.32 Å². The highest BCUT2D eigenvalue weighted by Crippen LogP contribution is 2.29. The summed E-state index contributed by atoms with van der Waals surface area (Å²) in [5, 5.41) is 7.34. The summed E-state index contributed by atoms with van der Waals surface area (Å²) in [5.41, 5.74) is 2.97. The third-order valence-electron chi connectivity index (χ3n) is 4.23. The third kappa shape index (κ3) is 3.48. The minimum Gasteiger partial charge on any atom is -0.323 e. The Hall–Kier alpha value is -2.22. The van der Waals surface area contributed by atoms with Crippen molar-refractivity contribution in [2.24, 2.45) is 0 Å². The molecule has 1 aliphatic rings. The van der Waals surface area contributed by atoms with Gasteiger partial charge >= 0.3 is 0 Å². The number of hydrogen-bond acceptors (Lipinski definition) is 5. The molecule has 1 atom stereocenters. The Labute approximate surface area is 141 Å². The fourth-order valence-electron chi connectivity index (χ4n) is 3.04. The molecule has 0 radical (unpaired) electrons. The van der Waals surface area contributed by atoms with Crippen molar-refractivity contribution in [1.29, 1.82) is 0 Å². The Morgan fingerprint density at radius 2 is 2.21 bits per heavy atom. The molecule has 1 saturated heterocycles. The SMILES string of the molecule is Cc1nn(C2CCS(=O)(=O)C2)c(C)c1NC(=O)Cc1cccnc1. The lowest BCUT2D eigenvalue weighted by atomic mass is 10.2. The summed E-state index contributed by atoms with van der Waals surface area (Å²) in [6.45, 7) is 3.66. The number of nitrogens with zero attached hydrogens (tertiary/aromatic N) is 3.